The smallest absolute Gasteiger partial charge is 0.134 e. The highest BCUT2D eigenvalue weighted by molar-refractivity contribution is 7.99. The van der Waals surface area contributed by atoms with Gasteiger partial charge in [0.1, 0.15) is 18.0 Å². The van der Waals surface area contributed by atoms with Gasteiger partial charge in [0, 0.05) is 23.4 Å². The number of rotatable bonds is 7. The molecule has 102 valence electrons. The van der Waals surface area contributed by atoms with Crippen molar-refractivity contribution in [1.82, 2.24) is 9.97 Å². The van der Waals surface area contributed by atoms with Crippen molar-refractivity contribution in [3.63, 3.8) is 0 Å². The second-order valence-electron chi connectivity index (χ2n) is 4.94. The van der Waals surface area contributed by atoms with Gasteiger partial charge in [0.05, 0.1) is 0 Å². The molecule has 0 aliphatic heterocycles. The molecule has 1 heterocycles. The van der Waals surface area contributed by atoms with Crippen molar-refractivity contribution >= 4 is 23.4 Å². The molecule has 0 saturated carbocycles. The molecule has 0 atom stereocenters. The highest BCUT2D eigenvalue weighted by Crippen LogP contribution is 2.23. The Balaban J connectivity index is 2.71. The molecule has 18 heavy (non-hydrogen) atoms. The summed E-state index contributed by atoms with van der Waals surface area (Å²) in [6, 6.07) is 0. The number of thioether (sulfide) groups is 1. The van der Waals surface area contributed by atoms with E-state index in [9.17, 15) is 0 Å². The van der Waals surface area contributed by atoms with E-state index in [1.54, 1.807) is 6.33 Å². The Bertz CT molecular complexity index is 379. The summed E-state index contributed by atoms with van der Waals surface area (Å²) in [5, 5.41) is 6.73. The predicted molar refractivity (Wildman–Crippen MR) is 81.6 cm³/mol. The Kier molecular flexibility index (Phi) is 5.72. The van der Waals surface area contributed by atoms with Crippen molar-refractivity contribution in [2.45, 2.75) is 38.9 Å². The van der Waals surface area contributed by atoms with Gasteiger partial charge in [-0.15, -0.1) is 0 Å². The molecule has 0 unspecified atom stereocenters. The van der Waals surface area contributed by atoms with E-state index in [1.165, 1.54) is 0 Å². The maximum absolute atomic E-state index is 4.31. The van der Waals surface area contributed by atoms with E-state index in [-0.39, 0.29) is 4.75 Å². The predicted octanol–water partition coefficient (Wildman–Crippen LogP) is 3.16. The number of nitrogens with zero attached hydrogens (tertiary/aromatic N) is 2. The molecule has 0 fully saturated rings. The van der Waals surface area contributed by atoms with E-state index >= 15 is 0 Å². The molecule has 0 amide bonds. The minimum Gasteiger partial charge on any atom is -0.370 e. The molecule has 1 aromatic heterocycles. The molecule has 1 rings (SSSR count). The maximum Gasteiger partial charge on any atom is 0.134 e. The standard InChI is InChI=1S/C13H24N4S/c1-6-7-14-11-10(2)12(17-9-16-11)15-8-13(3,4)18-5/h9H,6-8H2,1-5H3,(H2,14,15,16,17). The molecule has 0 spiro atoms. The van der Waals surface area contributed by atoms with Crippen molar-refractivity contribution in [2.75, 3.05) is 30.0 Å². The highest BCUT2D eigenvalue weighted by atomic mass is 32.2. The lowest BCUT2D eigenvalue weighted by Gasteiger charge is -2.23. The fourth-order valence-corrected chi connectivity index (χ4v) is 1.64. The molecular formula is C13H24N4S. The largest absolute Gasteiger partial charge is 0.370 e. The van der Waals surface area contributed by atoms with Crippen LogP contribution in [0, 0.1) is 6.92 Å². The number of anilines is 2. The van der Waals surface area contributed by atoms with Crippen molar-refractivity contribution in [1.29, 1.82) is 0 Å². The number of nitrogens with one attached hydrogen (secondary N) is 2. The number of hydrogen-bond acceptors (Lipinski definition) is 5. The van der Waals surface area contributed by atoms with Gasteiger partial charge < -0.3 is 10.6 Å². The normalized spacial score (nSPS) is 11.4. The van der Waals surface area contributed by atoms with E-state index < -0.39 is 0 Å². The Morgan fingerprint density at radius 1 is 1.22 bits per heavy atom. The Morgan fingerprint density at radius 3 is 2.39 bits per heavy atom. The second-order valence-corrected chi connectivity index (χ2v) is 6.45. The molecule has 0 radical (unpaired) electrons. The van der Waals surface area contributed by atoms with Crippen molar-refractivity contribution in [3.8, 4) is 0 Å². The summed E-state index contributed by atoms with van der Waals surface area (Å²) < 4.78 is 0.203. The summed E-state index contributed by atoms with van der Waals surface area (Å²) in [7, 11) is 0. The lowest BCUT2D eigenvalue weighted by atomic mass is 10.2. The molecule has 4 nitrogen and oxygen atoms in total. The zero-order valence-electron chi connectivity index (χ0n) is 12.0. The minimum atomic E-state index is 0.203. The van der Waals surface area contributed by atoms with Gasteiger partial charge in [-0.25, -0.2) is 9.97 Å². The van der Waals surface area contributed by atoms with Crippen molar-refractivity contribution in [3.05, 3.63) is 11.9 Å². The van der Waals surface area contributed by atoms with Crippen molar-refractivity contribution in [2.24, 2.45) is 0 Å². The van der Waals surface area contributed by atoms with Crippen LogP contribution in [0.25, 0.3) is 0 Å². The van der Waals surface area contributed by atoms with Gasteiger partial charge in [0.15, 0.2) is 0 Å². The van der Waals surface area contributed by atoms with Gasteiger partial charge in [-0.3, -0.25) is 0 Å². The van der Waals surface area contributed by atoms with Gasteiger partial charge >= 0.3 is 0 Å². The van der Waals surface area contributed by atoms with Crippen LogP contribution in [0.15, 0.2) is 6.33 Å². The number of aromatic nitrogens is 2. The van der Waals surface area contributed by atoms with Gasteiger partial charge in [0.2, 0.25) is 0 Å². The van der Waals surface area contributed by atoms with Gasteiger partial charge in [0.25, 0.3) is 0 Å². The lowest BCUT2D eigenvalue weighted by molar-refractivity contribution is 0.749. The molecule has 0 bridgehead atoms. The van der Waals surface area contributed by atoms with Crippen LogP contribution < -0.4 is 10.6 Å². The first-order valence-electron chi connectivity index (χ1n) is 6.34. The van der Waals surface area contributed by atoms with E-state index in [1.807, 2.05) is 18.7 Å². The fourth-order valence-electron chi connectivity index (χ4n) is 1.42. The summed E-state index contributed by atoms with van der Waals surface area (Å²) in [6.45, 7) is 10.5. The van der Waals surface area contributed by atoms with Crippen LogP contribution in [0.3, 0.4) is 0 Å². The topological polar surface area (TPSA) is 49.8 Å². The molecule has 0 aromatic carbocycles. The molecule has 0 saturated heterocycles. The first-order valence-corrected chi connectivity index (χ1v) is 7.57. The highest BCUT2D eigenvalue weighted by Gasteiger charge is 2.16. The minimum absolute atomic E-state index is 0.203. The molecule has 5 heteroatoms. The maximum atomic E-state index is 4.31. The average Bonchev–Trinajstić information content (AvgIpc) is 2.36. The summed E-state index contributed by atoms with van der Waals surface area (Å²) in [6.07, 6.45) is 4.83. The van der Waals surface area contributed by atoms with Gasteiger partial charge in [-0.2, -0.15) is 11.8 Å². The van der Waals surface area contributed by atoms with Crippen molar-refractivity contribution < 1.29 is 0 Å². The lowest BCUT2D eigenvalue weighted by Crippen LogP contribution is -2.26. The van der Waals surface area contributed by atoms with Crippen LogP contribution in [0.4, 0.5) is 11.6 Å². The van der Waals surface area contributed by atoms with Crippen LogP contribution in [0.1, 0.15) is 32.8 Å². The second kappa shape index (κ2) is 6.83. The van der Waals surface area contributed by atoms with Gasteiger partial charge in [-0.1, -0.05) is 6.92 Å². The monoisotopic (exact) mass is 268 g/mol. The summed E-state index contributed by atoms with van der Waals surface area (Å²) in [5.41, 5.74) is 1.09. The van der Waals surface area contributed by atoms with E-state index in [4.69, 9.17) is 0 Å². The van der Waals surface area contributed by atoms with E-state index in [0.29, 0.717) is 0 Å². The van der Waals surface area contributed by atoms with Crippen LogP contribution in [0.5, 0.6) is 0 Å². The molecular weight excluding hydrogens is 244 g/mol. The van der Waals surface area contributed by atoms with Crippen LogP contribution in [0.2, 0.25) is 0 Å². The first-order chi connectivity index (χ1) is 8.50. The fraction of sp³-hybridized carbons (Fsp3) is 0.692. The molecule has 0 aliphatic rings. The van der Waals surface area contributed by atoms with E-state index in [2.05, 4.69) is 47.6 Å². The molecule has 2 N–H and O–H groups in total. The Hall–Kier alpha value is -0.970. The zero-order chi connectivity index (χ0) is 13.6. The third-order valence-corrected chi connectivity index (χ3v) is 4.11. The quantitative estimate of drug-likeness (QED) is 0.795. The third kappa shape index (κ3) is 4.37. The van der Waals surface area contributed by atoms with Crippen LogP contribution in [-0.4, -0.2) is 34.1 Å². The summed E-state index contributed by atoms with van der Waals surface area (Å²) >= 11 is 1.85. The zero-order valence-corrected chi connectivity index (χ0v) is 12.8. The molecule has 0 aliphatic carbocycles. The molecule has 1 aromatic rings. The summed E-state index contributed by atoms with van der Waals surface area (Å²) in [5.74, 6) is 1.85. The first kappa shape index (κ1) is 15.1. The Labute approximate surface area is 114 Å². The van der Waals surface area contributed by atoms with E-state index in [0.717, 1.165) is 36.7 Å². The number of hydrogen-bond donors (Lipinski definition) is 2. The summed E-state index contributed by atoms with van der Waals surface area (Å²) in [4.78, 5) is 8.59. The van der Waals surface area contributed by atoms with Crippen LogP contribution in [-0.2, 0) is 0 Å². The SMILES string of the molecule is CCCNc1ncnc(NCC(C)(C)SC)c1C. The van der Waals surface area contributed by atoms with Crippen LogP contribution >= 0.6 is 11.8 Å². The van der Waals surface area contributed by atoms with Gasteiger partial charge in [-0.05, 0) is 33.4 Å². The third-order valence-electron chi connectivity index (χ3n) is 2.86. The Morgan fingerprint density at radius 2 is 1.83 bits per heavy atom. The average molecular weight is 268 g/mol.